The molecule has 0 aliphatic heterocycles. The lowest BCUT2D eigenvalue weighted by atomic mass is 10.1. The van der Waals surface area contributed by atoms with Crippen LogP contribution < -0.4 is 4.74 Å². The summed E-state index contributed by atoms with van der Waals surface area (Å²) in [5.41, 5.74) is 0.914. The van der Waals surface area contributed by atoms with Gasteiger partial charge in [-0.25, -0.2) is 4.39 Å². The number of aliphatic hydroxyl groups is 1. The summed E-state index contributed by atoms with van der Waals surface area (Å²) in [7, 11) is 0. The monoisotopic (exact) mass is 324 g/mol. The molecule has 100 valence electrons. The smallest absolute Gasteiger partial charge is 0.133 e. The van der Waals surface area contributed by atoms with E-state index in [1.54, 1.807) is 26.0 Å². The maximum Gasteiger partial charge on any atom is 0.133 e. The Bertz CT molecular complexity index is 597. The maximum atomic E-state index is 13.5. The molecule has 0 amide bonds. The van der Waals surface area contributed by atoms with Crippen molar-refractivity contribution in [2.24, 2.45) is 0 Å². The van der Waals surface area contributed by atoms with E-state index >= 15 is 0 Å². The van der Waals surface area contributed by atoms with Gasteiger partial charge in [-0.1, -0.05) is 22.0 Å². The van der Waals surface area contributed by atoms with Gasteiger partial charge in [-0.2, -0.15) is 0 Å². The van der Waals surface area contributed by atoms with Crippen molar-refractivity contribution in [1.29, 1.82) is 0 Å². The largest absolute Gasteiger partial charge is 0.457 e. The normalized spacial score (nSPS) is 12.3. The molecule has 0 saturated carbocycles. The molecule has 0 aliphatic rings. The van der Waals surface area contributed by atoms with Gasteiger partial charge in [0, 0.05) is 10.0 Å². The number of halogens is 2. The summed E-state index contributed by atoms with van der Waals surface area (Å²) in [6.45, 7) is 3.24. The lowest BCUT2D eigenvalue weighted by Gasteiger charge is -2.14. The van der Waals surface area contributed by atoms with Crippen molar-refractivity contribution >= 4 is 15.9 Å². The fourth-order valence-electron chi connectivity index (χ4n) is 1.74. The summed E-state index contributed by atoms with van der Waals surface area (Å²) in [4.78, 5) is 0. The highest BCUT2D eigenvalue weighted by Crippen LogP contribution is 2.32. The van der Waals surface area contributed by atoms with Crippen LogP contribution in [0.2, 0.25) is 0 Å². The maximum absolute atomic E-state index is 13.5. The van der Waals surface area contributed by atoms with Crippen molar-refractivity contribution in [3.63, 3.8) is 0 Å². The molecule has 2 aromatic rings. The van der Waals surface area contributed by atoms with Crippen LogP contribution in [0.4, 0.5) is 4.39 Å². The summed E-state index contributed by atoms with van der Waals surface area (Å²) in [6, 6.07) is 10.3. The molecular formula is C15H14BrFO2. The van der Waals surface area contributed by atoms with Crippen molar-refractivity contribution in [3.8, 4) is 11.5 Å². The number of rotatable bonds is 3. The van der Waals surface area contributed by atoms with Gasteiger partial charge in [-0.15, -0.1) is 0 Å². The van der Waals surface area contributed by atoms with E-state index in [1.165, 1.54) is 6.07 Å². The van der Waals surface area contributed by atoms with Crippen molar-refractivity contribution < 1.29 is 14.2 Å². The molecule has 2 nitrogen and oxygen atoms in total. The molecule has 1 atom stereocenters. The van der Waals surface area contributed by atoms with Crippen LogP contribution >= 0.6 is 15.9 Å². The van der Waals surface area contributed by atoms with E-state index < -0.39 is 6.10 Å². The molecule has 0 spiro atoms. The van der Waals surface area contributed by atoms with Crippen LogP contribution in [0.1, 0.15) is 24.2 Å². The Labute approximate surface area is 120 Å². The van der Waals surface area contributed by atoms with E-state index in [1.807, 2.05) is 18.2 Å². The molecule has 0 aromatic heterocycles. The van der Waals surface area contributed by atoms with Gasteiger partial charge >= 0.3 is 0 Å². The molecule has 4 heteroatoms. The summed E-state index contributed by atoms with van der Waals surface area (Å²) >= 11 is 3.36. The zero-order chi connectivity index (χ0) is 14.0. The Hall–Kier alpha value is -1.39. The second-order valence-electron chi connectivity index (χ2n) is 4.37. The van der Waals surface area contributed by atoms with Crippen LogP contribution in [-0.4, -0.2) is 5.11 Å². The van der Waals surface area contributed by atoms with E-state index in [2.05, 4.69) is 15.9 Å². The zero-order valence-electron chi connectivity index (χ0n) is 10.7. The van der Waals surface area contributed by atoms with E-state index in [0.717, 1.165) is 4.47 Å². The van der Waals surface area contributed by atoms with E-state index in [0.29, 0.717) is 22.6 Å². The van der Waals surface area contributed by atoms with Gasteiger partial charge in [0.05, 0.1) is 6.10 Å². The minimum absolute atomic E-state index is 0.350. The number of aliphatic hydroxyl groups excluding tert-OH is 1. The molecule has 0 heterocycles. The second kappa shape index (κ2) is 5.72. The van der Waals surface area contributed by atoms with Crippen LogP contribution in [0.25, 0.3) is 0 Å². The summed E-state index contributed by atoms with van der Waals surface area (Å²) in [6.07, 6.45) is -0.794. The SMILES string of the molecule is Cc1cc(Oc2cccc(Br)c2)c([C@@H](C)O)cc1F. The van der Waals surface area contributed by atoms with Gasteiger partial charge in [-0.3, -0.25) is 0 Å². The number of benzene rings is 2. The highest BCUT2D eigenvalue weighted by Gasteiger charge is 2.13. The third-order valence-electron chi connectivity index (χ3n) is 2.77. The summed E-state index contributed by atoms with van der Waals surface area (Å²) < 4.78 is 20.2. The Morgan fingerprint density at radius 1 is 1.26 bits per heavy atom. The molecule has 0 saturated heterocycles. The minimum Gasteiger partial charge on any atom is -0.457 e. The zero-order valence-corrected chi connectivity index (χ0v) is 12.2. The molecule has 19 heavy (non-hydrogen) atoms. The topological polar surface area (TPSA) is 29.5 Å². The lowest BCUT2D eigenvalue weighted by molar-refractivity contribution is 0.195. The van der Waals surface area contributed by atoms with E-state index in [4.69, 9.17) is 4.74 Å². The molecule has 1 N–H and O–H groups in total. The van der Waals surface area contributed by atoms with E-state index in [-0.39, 0.29) is 5.82 Å². The highest BCUT2D eigenvalue weighted by atomic mass is 79.9. The third kappa shape index (κ3) is 3.33. The van der Waals surface area contributed by atoms with Crippen LogP contribution in [0.15, 0.2) is 40.9 Å². The number of hydrogen-bond donors (Lipinski definition) is 1. The predicted molar refractivity (Wildman–Crippen MR) is 76.0 cm³/mol. The first-order valence-electron chi connectivity index (χ1n) is 5.89. The molecule has 2 rings (SSSR count). The first-order chi connectivity index (χ1) is 8.97. The van der Waals surface area contributed by atoms with Gasteiger partial charge in [0.25, 0.3) is 0 Å². The van der Waals surface area contributed by atoms with Crippen LogP contribution in [-0.2, 0) is 0 Å². The molecule has 0 bridgehead atoms. The van der Waals surface area contributed by atoms with Crippen molar-refractivity contribution in [1.82, 2.24) is 0 Å². The quantitative estimate of drug-likeness (QED) is 0.883. The fraction of sp³-hybridized carbons (Fsp3) is 0.200. The first kappa shape index (κ1) is 14.0. The van der Waals surface area contributed by atoms with Crippen molar-refractivity contribution in [2.75, 3.05) is 0 Å². The third-order valence-corrected chi connectivity index (χ3v) is 3.26. The Morgan fingerprint density at radius 3 is 2.63 bits per heavy atom. The van der Waals surface area contributed by atoms with Gasteiger partial charge < -0.3 is 9.84 Å². The molecule has 0 radical (unpaired) electrons. The standard InChI is InChI=1S/C15H14BrFO2/c1-9-6-15(13(10(2)18)8-14(9)17)19-12-5-3-4-11(16)7-12/h3-8,10,18H,1-2H3/t10-/m1/s1. The molecule has 0 fully saturated rings. The van der Waals surface area contributed by atoms with Crippen LogP contribution in [0, 0.1) is 12.7 Å². The van der Waals surface area contributed by atoms with Crippen LogP contribution in [0.5, 0.6) is 11.5 Å². The molecule has 0 aliphatic carbocycles. The van der Waals surface area contributed by atoms with Crippen LogP contribution in [0.3, 0.4) is 0 Å². The fourth-order valence-corrected chi connectivity index (χ4v) is 2.12. The summed E-state index contributed by atoms with van der Waals surface area (Å²) in [5.74, 6) is 0.742. The van der Waals surface area contributed by atoms with Gasteiger partial charge in [0.2, 0.25) is 0 Å². The second-order valence-corrected chi connectivity index (χ2v) is 5.29. The van der Waals surface area contributed by atoms with Crippen molar-refractivity contribution in [3.05, 3.63) is 57.8 Å². The Kier molecular flexibility index (Phi) is 4.22. The average molecular weight is 325 g/mol. The van der Waals surface area contributed by atoms with Crippen molar-refractivity contribution in [2.45, 2.75) is 20.0 Å². The predicted octanol–water partition coefficient (Wildman–Crippen LogP) is 4.74. The minimum atomic E-state index is -0.794. The molecule has 0 unspecified atom stereocenters. The summed E-state index contributed by atoms with van der Waals surface area (Å²) in [5, 5.41) is 9.70. The van der Waals surface area contributed by atoms with E-state index in [9.17, 15) is 9.50 Å². The number of aryl methyl sites for hydroxylation is 1. The van der Waals surface area contributed by atoms with Gasteiger partial charge in [0.15, 0.2) is 0 Å². The number of ether oxygens (including phenoxy) is 1. The first-order valence-corrected chi connectivity index (χ1v) is 6.68. The van der Waals surface area contributed by atoms with Gasteiger partial charge in [-0.05, 0) is 49.7 Å². The Morgan fingerprint density at radius 2 is 2.00 bits per heavy atom. The molecular weight excluding hydrogens is 311 g/mol. The number of hydrogen-bond acceptors (Lipinski definition) is 2. The molecule has 2 aromatic carbocycles. The Balaban J connectivity index is 2.41. The average Bonchev–Trinajstić information content (AvgIpc) is 2.33. The lowest BCUT2D eigenvalue weighted by Crippen LogP contribution is -1.99. The highest BCUT2D eigenvalue weighted by molar-refractivity contribution is 9.10. The van der Waals surface area contributed by atoms with Gasteiger partial charge in [0.1, 0.15) is 17.3 Å².